The van der Waals surface area contributed by atoms with Crippen LogP contribution < -0.4 is 5.73 Å². The number of nitrogen functional groups attached to an aromatic ring is 1. The Labute approximate surface area is 155 Å². The summed E-state index contributed by atoms with van der Waals surface area (Å²) in [5.74, 6) is -0.114. The van der Waals surface area contributed by atoms with Crippen molar-refractivity contribution in [3.63, 3.8) is 0 Å². The summed E-state index contributed by atoms with van der Waals surface area (Å²) >= 11 is 0. The standard InChI is InChI=1S/C20H25FN2O.ClH/c1-2-13-23(14-12-16-6-5-8-18(21)15-16)20(24)11-10-17-7-3-4-9-19(17)22;/h3-9,15H,2,10-14,22H2,1H3;1H. The average Bonchev–Trinajstić information content (AvgIpc) is 2.57. The molecule has 2 rings (SSSR count). The van der Waals surface area contributed by atoms with E-state index in [9.17, 15) is 9.18 Å². The zero-order valence-corrected chi connectivity index (χ0v) is 15.4. The van der Waals surface area contributed by atoms with Gasteiger partial charge in [-0.25, -0.2) is 4.39 Å². The summed E-state index contributed by atoms with van der Waals surface area (Å²) < 4.78 is 13.3. The SMILES string of the molecule is CCCN(CCc1cccc(F)c1)C(=O)CCc1ccccc1N.Cl. The van der Waals surface area contributed by atoms with Crippen LogP contribution in [0, 0.1) is 5.82 Å². The number of nitrogens with two attached hydrogens (primary N) is 1. The molecule has 25 heavy (non-hydrogen) atoms. The van der Waals surface area contributed by atoms with Crippen LogP contribution in [0.15, 0.2) is 48.5 Å². The zero-order valence-electron chi connectivity index (χ0n) is 14.6. The summed E-state index contributed by atoms with van der Waals surface area (Å²) in [5.41, 5.74) is 8.58. The lowest BCUT2D eigenvalue weighted by atomic mass is 10.1. The number of para-hydroxylation sites is 1. The molecule has 0 radical (unpaired) electrons. The lowest BCUT2D eigenvalue weighted by Crippen LogP contribution is -2.33. The van der Waals surface area contributed by atoms with E-state index in [1.54, 1.807) is 6.07 Å². The normalized spacial score (nSPS) is 10.2. The minimum absolute atomic E-state index is 0. The van der Waals surface area contributed by atoms with E-state index in [2.05, 4.69) is 6.92 Å². The number of anilines is 1. The van der Waals surface area contributed by atoms with E-state index in [4.69, 9.17) is 5.73 Å². The number of benzene rings is 2. The third kappa shape index (κ3) is 6.75. The quantitative estimate of drug-likeness (QED) is 0.712. The van der Waals surface area contributed by atoms with Gasteiger partial charge >= 0.3 is 0 Å². The average molecular weight is 365 g/mol. The number of hydrogen-bond acceptors (Lipinski definition) is 2. The van der Waals surface area contributed by atoms with Crippen molar-refractivity contribution in [1.29, 1.82) is 0 Å². The summed E-state index contributed by atoms with van der Waals surface area (Å²) in [4.78, 5) is 14.4. The number of carbonyl (C=O) groups is 1. The van der Waals surface area contributed by atoms with Crippen molar-refractivity contribution in [2.75, 3.05) is 18.8 Å². The molecule has 0 aliphatic carbocycles. The molecule has 2 aromatic rings. The van der Waals surface area contributed by atoms with Gasteiger partial charge in [0.15, 0.2) is 0 Å². The molecule has 0 unspecified atom stereocenters. The van der Waals surface area contributed by atoms with Crippen LogP contribution in [0.25, 0.3) is 0 Å². The van der Waals surface area contributed by atoms with Crippen molar-refractivity contribution < 1.29 is 9.18 Å². The van der Waals surface area contributed by atoms with E-state index in [1.165, 1.54) is 12.1 Å². The Morgan fingerprint density at radius 2 is 1.84 bits per heavy atom. The third-order valence-electron chi connectivity index (χ3n) is 4.07. The van der Waals surface area contributed by atoms with Crippen LogP contribution in [-0.4, -0.2) is 23.9 Å². The van der Waals surface area contributed by atoms with Crippen molar-refractivity contribution in [3.05, 3.63) is 65.5 Å². The highest BCUT2D eigenvalue weighted by atomic mass is 35.5. The molecule has 136 valence electrons. The third-order valence-corrected chi connectivity index (χ3v) is 4.07. The predicted molar refractivity (Wildman–Crippen MR) is 103 cm³/mol. The Hall–Kier alpha value is -2.07. The maximum atomic E-state index is 13.3. The van der Waals surface area contributed by atoms with Crippen molar-refractivity contribution in [3.8, 4) is 0 Å². The Morgan fingerprint density at radius 1 is 1.08 bits per heavy atom. The smallest absolute Gasteiger partial charge is 0.222 e. The minimum Gasteiger partial charge on any atom is -0.399 e. The van der Waals surface area contributed by atoms with Gasteiger partial charge in [-0.1, -0.05) is 37.3 Å². The van der Waals surface area contributed by atoms with E-state index in [0.717, 1.165) is 29.8 Å². The molecular formula is C20H26ClFN2O. The number of hydrogen-bond donors (Lipinski definition) is 1. The molecule has 0 bridgehead atoms. The van der Waals surface area contributed by atoms with Gasteiger partial charge in [-0.15, -0.1) is 12.4 Å². The lowest BCUT2D eigenvalue weighted by Gasteiger charge is -2.22. The van der Waals surface area contributed by atoms with Gasteiger partial charge in [-0.05, 0) is 48.6 Å². The summed E-state index contributed by atoms with van der Waals surface area (Å²) in [7, 11) is 0. The minimum atomic E-state index is -0.236. The second-order valence-corrected chi connectivity index (χ2v) is 5.96. The van der Waals surface area contributed by atoms with Crippen LogP contribution >= 0.6 is 12.4 Å². The highest BCUT2D eigenvalue weighted by molar-refractivity contribution is 5.85. The van der Waals surface area contributed by atoms with Crippen molar-refractivity contribution in [1.82, 2.24) is 4.90 Å². The number of carbonyl (C=O) groups excluding carboxylic acids is 1. The molecular weight excluding hydrogens is 339 g/mol. The molecule has 0 aliphatic heterocycles. The van der Waals surface area contributed by atoms with Crippen LogP contribution in [0.3, 0.4) is 0 Å². The van der Waals surface area contributed by atoms with Crippen LogP contribution in [-0.2, 0) is 17.6 Å². The molecule has 0 atom stereocenters. The molecule has 0 fully saturated rings. The summed E-state index contributed by atoms with van der Waals surface area (Å²) in [6.07, 6.45) is 2.66. The second-order valence-electron chi connectivity index (χ2n) is 5.96. The lowest BCUT2D eigenvalue weighted by molar-refractivity contribution is -0.131. The first kappa shape index (κ1) is 21.0. The molecule has 1 amide bonds. The summed E-state index contributed by atoms with van der Waals surface area (Å²) in [5, 5.41) is 0. The van der Waals surface area contributed by atoms with Crippen LogP contribution in [0.5, 0.6) is 0 Å². The first-order valence-corrected chi connectivity index (χ1v) is 8.45. The molecule has 2 N–H and O–H groups in total. The number of halogens is 2. The maximum absolute atomic E-state index is 13.3. The summed E-state index contributed by atoms with van der Waals surface area (Å²) in [6, 6.07) is 14.2. The molecule has 3 nitrogen and oxygen atoms in total. The van der Waals surface area contributed by atoms with Crippen molar-refractivity contribution in [2.45, 2.75) is 32.6 Å². The highest BCUT2D eigenvalue weighted by Crippen LogP contribution is 2.14. The molecule has 0 saturated heterocycles. The van der Waals surface area contributed by atoms with Gasteiger partial charge in [-0.3, -0.25) is 4.79 Å². The van der Waals surface area contributed by atoms with Crippen LogP contribution in [0.4, 0.5) is 10.1 Å². The van der Waals surface area contributed by atoms with Gasteiger partial charge in [0.2, 0.25) is 5.91 Å². The second kappa shape index (κ2) is 10.7. The molecule has 0 saturated carbocycles. The Morgan fingerprint density at radius 3 is 2.52 bits per heavy atom. The first-order valence-electron chi connectivity index (χ1n) is 8.45. The molecule has 2 aromatic carbocycles. The Kier molecular flexibility index (Phi) is 9.00. The van der Waals surface area contributed by atoms with Gasteiger partial charge in [-0.2, -0.15) is 0 Å². The van der Waals surface area contributed by atoms with E-state index >= 15 is 0 Å². The topological polar surface area (TPSA) is 46.3 Å². The highest BCUT2D eigenvalue weighted by Gasteiger charge is 2.13. The molecule has 5 heteroatoms. The number of aryl methyl sites for hydroxylation is 1. The van der Waals surface area contributed by atoms with Crippen LogP contribution in [0.1, 0.15) is 30.9 Å². The largest absolute Gasteiger partial charge is 0.399 e. The molecule has 0 heterocycles. The summed E-state index contributed by atoms with van der Waals surface area (Å²) in [6.45, 7) is 3.39. The van der Waals surface area contributed by atoms with Gasteiger partial charge in [0.05, 0.1) is 0 Å². The van der Waals surface area contributed by atoms with Crippen molar-refractivity contribution >= 4 is 24.0 Å². The maximum Gasteiger partial charge on any atom is 0.222 e. The van der Waals surface area contributed by atoms with E-state index in [0.29, 0.717) is 25.8 Å². The molecule has 0 spiro atoms. The predicted octanol–water partition coefficient (Wildman–Crippen LogP) is 4.24. The van der Waals surface area contributed by atoms with E-state index < -0.39 is 0 Å². The fraction of sp³-hybridized carbons (Fsp3) is 0.350. The monoisotopic (exact) mass is 364 g/mol. The fourth-order valence-corrected chi connectivity index (χ4v) is 2.75. The van der Waals surface area contributed by atoms with Gasteiger partial charge in [0.25, 0.3) is 0 Å². The van der Waals surface area contributed by atoms with Gasteiger partial charge in [0.1, 0.15) is 5.82 Å². The Balaban J connectivity index is 0.00000312. The number of rotatable bonds is 8. The first-order chi connectivity index (χ1) is 11.6. The number of nitrogens with zero attached hydrogens (tertiary/aromatic N) is 1. The van der Waals surface area contributed by atoms with Gasteiger partial charge in [0, 0.05) is 25.2 Å². The van der Waals surface area contributed by atoms with Crippen molar-refractivity contribution in [2.24, 2.45) is 0 Å². The zero-order chi connectivity index (χ0) is 17.4. The van der Waals surface area contributed by atoms with E-state index in [1.807, 2.05) is 35.2 Å². The molecule has 0 aromatic heterocycles. The van der Waals surface area contributed by atoms with Gasteiger partial charge < -0.3 is 10.6 Å². The number of amides is 1. The molecule has 0 aliphatic rings. The Bertz CT molecular complexity index is 678. The van der Waals surface area contributed by atoms with E-state index in [-0.39, 0.29) is 24.1 Å². The van der Waals surface area contributed by atoms with Crippen LogP contribution in [0.2, 0.25) is 0 Å². The fourth-order valence-electron chi connectivity index (χ4n) is 2.75.